The van der Waals surface area contributed by atoms with Gasteiger partial charge in [0, 0.05) is 0 Å². The summed E-state index contributed by atoms with van der Waals surface area (Å²) in [5.74, 6) is 0. The quantitative estimate of drug-likeness (QED) is 0.331. The van der Waals surface area contributed by atoms with Crippen molar-refractivity contribution in [2.45, 2.75) is 53.9 Å². The van der Waals surface area contributed by atoms with E-state index in [1.807, 2.05) is 0 Å². The number of hydrogen-bond donors (Lipinski definition) is 1. The first-order valence-corrected chi connectivity index (χ1v) is 10.9. The summed E-state index contributed by atoms with van der Waals surface area (Å²) >= 11 is 0.149. The summed E-state index contributed by atoms with van der Waals surface area (Å²) in [6, 6.07) is 0. The molecule has 0 aromatic rings. The normalized spacial score (nSPS) is 11.9. The Labute approximate surface area is 111 Å². The van der Waals surface area contributed by atoms with Gasteiger partial charge in [-0.25, -0.2) is 0 Å². The van der Waals surface area contributed by atoms with Gasteiger partial charge in [0.2, 0.25) is 0 Å². The van der Waals surface area contributed by atoms with E-state index in [1.54, 1.807) is 8.87 Å². The summed E-state index contributed by atoms with van der Waals surface area (Å²) in [6.07, 6.45) is 5.84. The number of unbranched alkanes of at least 4 members (excludes halogenated alkanes) is 2. The SMILES string of the molecule is CCC[CH2][Sn][CH2]CCC.O=S(=O)(O)C(F)(F)F. The molecule has 0 saturated heterocycles. The van der Waals surface area contributed by atoms with Crippen molar-refractivity contribution in [3.05, 3.63) is 0 Å². The molecule has 0 unspecified atom stereocenters. The van der Waals surface area contributed by atoms with E-state index in [1.165, 1.54) is 25.7 Å². The summed E-state index contributed by atoms with van der Waals surface area (Å²) in [6.45, 7) is 4.58. The third-order valence-electron chi connectivity index (χ3n) is 1.71. The van der Waals surface area contributed by atoms with Gasteiger partial charge in [-0.2, -0.15) is 21.6 Å². The minimum Gasteiger partial charge on any atom is -0.279 e. The van der Waals surface area contributed by atoms with Crippen LogP contribution in [0.4, 0.5) is 13.2 Å². The molecule has 17 heavy (non-hydrogen) atoms. The Bertz CT molecular complexity index is 259. The van der Waals surface area contributed by atoms with Crippen LogP contribution in [-0.4, -0.2) is 39.6 Å². The third kappa shape index (κ3) is 14.4. The van der Waals surface area contributed by atoms with Crippen molar-refractivity contribution < 1.29 is 26.1 Å². The molecule has 0 bridgehead atoms. The molecule has 104 valence electrons. The minimum atomic E-state index is -5.84. The fourth-order valence-electron chi connectivity index (χ4n) is 0.729. The van der Waals surface area contributed by atoms with Gasteiger partial charge in [-0.1, -0.05) is 0 Å². The molecule has 0 aliphatic carbocycles. The van der Waals surface area contributed by atoms with E-state index in [0.29, 0.717) is 0 Å². The molecule has 2 radical (unpaired) electrons. The molecule has 0 aromatic carbocycles. The molecule has 0 aliphatic heterocycles. The van der Waals surface area contributed by atoms with Gasteiger partial charge in [0.1, 0.15) is 0 Å². The topological polar surface area (TPSA) is 54.4 Å². The molecule has 0 saturated carbocycles. The van der Waals surface area contributed by atoms with Crippen LogP contribution in [0.5, 0.6) is 0 Å². The molecule has 0 atom stereocenters. The van der Waals surface area contributed by atoms with Crippen LogP contribution in [0.3, 0.4) is 0 Å². The number of hydrogen-bond acceptors (Lipinski definition) is 2. The van der Waals surface area contributed by atoms with Crippen LogP contribution in [-0.2, 0) is 10.1 Å². The smallest absolute Gasteiger partial charge is 0.279 e. The Hall–Kier alpha value is 0.499. The first-order valence-electron chi connectivity index (χ1n) is 5.41. The second kappa shape index (κ2) is 10.4. The van der Waals surface area contributed by atoms with Crippen LogP contribution < -0.4 is 0 Å². The van der Waals surface area contributed by atoms with E-state index >= 15 is 0 Å². The van der Waals surface area contributed by atoms with Gasteiger partial charge in [0.05, 0.1) is 0 Å². The van der Waals surface area contributed by atoms with Crippen molar-refractivity contribution >= 4 is 31.3 Å². The van der Waals surface area contributed by atoms with Crippen molar-refractivity contribution in [2.75, 3.05) is 0 Å². The fraction of sp³-hybridized carbons (Fsp3) is 1.00. The summed E-state index contributed by atoms with van der Waals surface area (Å²) in [5, 5.41) is 0. The van der Waals surface area contributed by atoms with Crippen molar-refractivity contribution in [3.63, 3.8) is 0 Å². The van der Waals surface area contributed by atoms with Crippen LogP contribution in [0.1, 0.15) is 39.5 Å². The average Bonchev–Trinajstić information content (AvgIpc) is 2.15. The van der Waals surface area contributed by atoms with E-state index in [2.05, 4.69) is 13.8 Å². The van der Waals surface area contributed by atoms with Crippen LogP contribution in [0.15, 0.2) is 0 Å². The summed E-state index contributed by atoms with van der Waals surface area (Å²) in [5.41, 5.74) is -5.53. The number of rotatable bonds is 6. The van der Waals surface area contributed by atoms with Gasteiger partial charge >= 0.3 is 85.2 Å². The summed E-state index contributed by atoms with van der Waals surface area (Å²) in [4.78, 5) is 0. The van der Waals surface area contributed by atoms with Crippen molar-refractivity contribution in [3.8, 4) is 0 Å². The molecule has 0 rings (SSSR count). The van der Waals surface area contributed by atoms with Gasteiger partial charge in [0.25, 0.3) is 0 Å². The van der Waals surface area contributed by atoms with E-state index in [-0.39, 0.29) is 21.1 Å². The maximum atomic E-state index is 10.7. The molecule has 0 aliphatic rings. The van der Waals surface area contributed by atoms with Crippen LogP contribution in [0, 0.1) is 0 Å². The van der Waals surface area contributed by atoms with Crippen LogP contribution in [0.2, 0.25) is 8.87 Å². The van der Waals surface area contributed by atoms with Gasteiger partial charge in [-0.05, 0) is 0 Å². The first kappa shape index (κ1) is 19.8. The molecular weight excluding hydrogens is 364 g/mol. The zero-order valence-corrected chi connectivity index (χ0v) is 13.7. The zero-order chi connectivity index (χ0) is 13.9. The summed E-state index contributed by atoms with van der Waals surface area (Å²) in [7, 11) is -5.84. The van der Waals surface area contributed by atoms with Gasteiger partial charge in [-0.3, -0.25) is 4.55 Å². The van der Waals surface area contributed by atoms with Crippen molar-refractivity contribution in [1.82, 2.24) is 0 Å². The molecular formula is C9H19F3O3SSn. The molecule has 8 heteroatoms. The van der Waals surface area contributed by atoms with Crippen molar-refractivity contribution in [1.29, 1.82) is 0 Å². The molecule has 0 fully saturated rings. The molecule has 0 amide bonds. The predicted octanol–water partition coefficient (Wildman–Crippen LogP) is 3.52. The fourth-order valence-corrected chi connectivity index (χ4v) is 4.89. The third-order valence-corrected chi connectivity index (χ3v) is 6.33. The summed E-state index contributed by atoms with van der Waals surface area (Å²) < 4.78 is 60.8. The monoisotopic (exact) mass is 384 g/mol. The van der Waals surface area contributed by atoms with E-state index < -0.39 is 15.6 Å². The number of halogens is 3. The van der Waals surface area contributed by atoms with E-state index in [4.69, 9.17) is 13.0 Å². The van der Waals surface area contributed by atoms with Crippen molar-refractivity contribution in [2.24, 2.45) is 0 Å². The largest absolute Gasteiger partial charge is 0.522 e. The molecule has 1 N–H and O–H groups in total. The Kier molecular flexibility index (Phi) is 12.2. The Morgan fingerprint density at radius 2 is 1.35 bits per heavy atom. The van der Waals surface area contributed by atoms with Crippen LogP contribution >= 0.6 is 0 Å². The molecule has 3 nitrogen and oxygen atoms in total. The standard InChI is InChI=1S/2C4H9.CHF3O3S.Sn/c2*1-3-4-2;2-1(3,4)8(5,6)7;/h2*1,3-4H2,2H3;(H,5,6,7);. The predicted molar refractivity (Wildman–Crippen MR) is 62.8 cm³/mol. The second-order valence-corrected chi connectivity index (χ2v) is 9.07. The minimum absolute atomic E-state index is 0.149. The van der Waals surface area contributed by atoms with E-state index in [9.17, 15) is 13.2 Å². The maximum Gasteiger partial charge on any atom is 0.522 e. The molecule has 0 spiro atoms. The van der Waals surface area contributed by atoms with Crippen LogP contribution in [0.25, 0.3) is 0 Å². The van der Waals surface area contributed by atoms with Gasteiger partial charge in [0.15, 0.2) is 0 Å². The molecule has 0 aromatic heterocycles. The van der Waals surface area contributed by atoms with Gasteiger partial charge in [-0.15, -0.1) is 0 Å². The van der Waals surface area contributed by atoms with E-state index in [0.717, 1.165) is 0 Å². The Morgan fingerprint density at radius 1 is 1.06 bits per heavy atom. The first-order chi connectivity index (χ1) is 7.66. The average molecular weight is 383 g/mol. The zero-order valence-electron chi connectivity index (χ0n) is 10.0. The van der Waals surface area contributed by atoms with Gasteiger partial charge < -0.3 is 0 Å². The number of alkyl halides is 3. The molecule has 0 heterocycles. The second-order valence-electron chi connectivity index (χ2n) is 3.38. The Morgan fingerprint density at radius 3 is 1.53 bits per heavy atom. The Balaban J connectivity index is 0. The maximum absolute atomic E-state index is 10.7.